The predicted molar refractivity (Wildman–Crippen MR) is 108 cm³/mol. The number of carbonyl (C=O) groups is 3. The van der Waals surface area contributed by atoms with Gasteiger partial charge < -0.3 is 9.47 Å². The van der Waals surface area contributed by atoms with Crippen LogP contribution in [0.25, 0.3) is 0 Å². The average molecular weight is 414 g/mol. The fraction of sp³-hybridized carbons (Fsp3) is 0.381. The quantitative estimate of drug-likeness (QED) is 0.598. The van der Waals surface area contributed by atoms with E-state index in [1.807, 2.05) is 17.5 Å². The molecule has 0 saturated carbocycles. The van der Waals surface area contributed by atoms with Crippen molar-refractivity contribution in [1.82, 2.24) is 5.32 Å². The Morgan fingerprint density at radius 2 is 2.03 bits per heavy atom. The van der Waals surface area contributed by atoms with Crippen LogP contribution in [0, 0.1) is 11.8 Å². The third-order valence-corrected chi connectivity index (χ3v) is 6.60. The Bertz CT molecular complexity index is 960. The van der Waals surface area contributed by atoms with E-state index in [9.17, 15) is 14.4 Å². The smallest absolute Gasteiger partial charge is 0.326 e. The number of anilines is 1. The first-order chi connectivity index (χ1) is 13.9. The Morgan fingerprint density at radius 3 is 2.69 bits per heavy atom. The van der Waals surface area contributed by atoms with Gasteiger partial charge in [-0.05, 0) is 37.4 Å². The third kappa shape index (κ3) is 2.94. The fourth-order valence-corrected chi connectivity index (χ4v) is 5.15. The largest absolute Gasteiger partial charge is 0.497 e. The number of amides is 2. The highest BCUT2D eigenvalue weighted by atomic mass is 32.1. The van der Waals surface area contributed by atoms with Crippen LogP contribution in [0.5, 0.6) is 5.75 Å². The van der Waals surface area contributed by atoms with Crippen LogP contribution in [0.1, 0.15) is 24.8 Å². The van der Waals surface area contributed by atoms with Crippen LogP contribution >= 0.6 is 11.3 Å². The standard InChI is InChI=1S/C21H22N2O5S/c1-4-28-20(26)21(2)16-15(17(22-21)14-9-6-10-29-14)18(24)23(19(16)25)12-7-5-8-13(11-12)27-3/h5-11,15-17,22H,4H2,1-3H3/t15-,16-,17-,21-/m1/s1. The number of nitrogens with zero attached hydrogens (tertiary/aromatic N) is 1. The molecular formula is C21H22N2O5S. The van der Waals surface area contributed by atoms with Gasteiger partial charge in [-0.15, -0.1) is 11.3 Å². The number of benzene rings is 1. The molecule has 4 rings (SSSR count). The van der Waals surface area contributed by atoms with Crippen LogP contribution in [-0.2, 0) is 19.1 Å². The number of methoxy groups -OCH3 is 1. The lowest BCUT2D eigenvalue weighted by atomic mass is 9.81. The Balaban J connectivity index is 1.80. The molecule has 7 nitrogen and oxygen atoms in total. The number of esters is 1. The second-order valence-electron chi connectivity index (χ2n) is 7.28. The number of imide groups is 1. The van der Waals surface area contributed by atoms with Gasteiger partial charge in [-0.3, -0.25) is 19.7 Å². The minimum absolute atomic E-state index is 0.193. The summed E-state index contributed by atoms with van der Waals surface area (Å²) >= 11 is 1.48. The van der Waals surface area contributed by atoms with Crippen LogP contribution < -0.4 is 15.0 Å². The second kappa shape index (κ2) is 7.27. The van der Waals surface area contributed by atoms with Gasteiger partial charge in [0, 0.05) is 10.9 Å². The molecule has 0 bridgehead atoms. The van der Waals surface area contributed by atoms with E-state index in [-0.39, 0.29) is 12.5 Å². The maximum atomic E-state index is 13.5. The summed E-state index contributed by atoms with van der Waals surface area (Å²) < 4.78 is 10.5. The minimum Gasteiger partial charge on any atom is -0.497 e. The Kier molecular flexibility index (Phi) is 4.92. The molecule has 2 saturated heterocycles. The zero-order valence-corrected chi connectivity index (χ0v) is 17.2. The Hall–Kier alpha value is -2.71. The molecule has 0 radical (unpaired) electrons. The molecule has 8 heteroatoms. The molecule has 2 aliphatic rings. The average Bonchev–Trinajstić information content (AvgIpc) is 3.40. The van der Waals surface area contributed by atoms with Gasteiger partial charge in [0.05, 0.1) is 37.3 Å². The second-order valence-corrected chi connectivity index (χ2v) is 8.26. The van der Waals surface area contributed by atoms with Gasteiger partial charge in [0.2, 0.25) is 11.8 Å². The van der Waals surface area contributed by atoms with E-state index in [0.717, 1.165) is 4.88 Å². The number of ether oxygens (including phenoxy) is 2. The molecule has 2 aromatic rings. The highest BCUT2D eigenvalue weighted by molar-refractivity contribution is 7.10. The first-order valence-corrected chi connectivity index (χ1v) is 10.3. The lowest BCUT2D eigenvalue weighted by Gasteiger charge is -2.29. The van der Waals surface area contributed by atoms with E-state index in [1.54, 1.807) is 38.1 Å². The first-order valence-electron chi connectivity index (χ1n) is 9.42. The van der Waals surface area contributed by atoms with Crippen LogP contribution in [-0.4, -0.2) is 37.0 Å². The lowest BCUT2D eigenvalue weighted by Crippen LogP contribution is -2.54. The SMILES string of the molecule is CCOC(=O)[C@]1(C)N[C@H](c2cccs2)[C@@H]2C(=O)N(c3cccc(OC)c3)C(=O)[C@@H]21. The number of nitrogens with one attached hydrogen (secondary N) is 1. The lowest BCUT2D eigenvalue weighted by molar-refractivity contribution is -0.153. The van der Waals surface area contributed by atoms with Crippen molar-refractivity contribution in [3.63, 3.8) is 0 Å². The van der Waals surface area contributed by atoms with Gasteiger partial charge in [-0.2, -0.15) is 0 Å². The fourth-order valence-electron chi connectivity index (χ4n) is 4.32. The van der Waals surface area contributed by atoms with Gasteiger partial charge in [-0.25, -0.2) is 4.90 Å². The summed E-state index contributed by atoms with van der Waals surface area (Å²) in [5.41, 5.74) is -0.861. The summed E-state index contributed by atoms with van der Waals surface area (Å²) in [5, 5.41) is 5.16. The number of rotatable bonds is 5. The van der Waals surface area contributed by atoms with E-state index in [2.05, 4.69) is 5.32 Å². The van der Waals surface area contributed by atoms with E-state index < -0.39 is 35.3 Å². The predicted octanol–water partition coefficient (Wildman–Crippen LogP) is 2.53. The van der Waals surface area contributed by atoms with Gasteiger partial charge >= 0.3 is 5.97 Å². The van der Waals surface area contributed by atoms with Crippen molar-refractivity contribution in [2.24, 2.45) is 11.8 Å². The number of thiophene rings is 1. The van der Waals surface area contributed by atoms with Crippen LogP contribution in [0.3, 0.4) is 0 Å². The summed E-state index contributed by atoms with van der Waals surface area (Å²) in [6.07, 6.45) is 0. The Labute approximate surface area is 172 Å². The maximum absolute atomic E-state index is 13.5. The summed E-state index contributed by atoms with van der Waals surface area (Å²) in [6.45, 7) is 3.56. The van der Waals surface area contributed by atoms with Crippen molar-refractivity contribution in [2.75, 3.05) is 18.6 Å². The molecule has 0 aliphatic carbocycles. The van der Waals surface area contributed by atoms with Crippen molar-refractivity contribution < 1.29 is 23.9 Å². The third-order valence-electron chi connectivity index (χ3n) is 5.65. The molecule has 2 aliphatic heterocycles. The zero-order valence-electron chi connectivity index (χ0n) is 16.4. The molecule has 2 amide bonds. The highest BCUT2D eigenvalue weighted by Gasteiger charge is 2.67. The van der Waals surface area contributed by atoms with Crippen LogP contribution in [0.4, 0.5) is 5.69 Å². The number of hydrogen-bond acceptors (Lipinski definition) is 7. The maximum Gasteiger partial charge on any atom is 0.326 e. The van der Waals surface area contributed by atoms with Gasteiger partial charge in [0.25, 0.3) is 0 Å². The van der Waals surface area contributed by atoms with E-state index in [0.29, 0.717) is 11.4 Å². The molecule has 1 aromatic heterocycles. The normalized spacial score (nSPS) is 28.5. The molecule has 0 unspecified atom stereocenters. The van der Waals surface area contributed by atoms with Gasteiger partial charge in [0.1, 0.15) is 11.3 Å². The molecule has 0 spiro atoms. The number of carbonyl (C=O) groups excluding carboxylic acids is 3. The Morgan fingerprint density at radius 1 is 1.24 bits per heavy atom. The molecule has 3 heterocycles. The molecule has 2 fully saturated rings. The van der Waals surface area contributed by atoms with Gasteiger partial charge in [-0.1, -0.05) is 12.1 Å². The number of hydrogen-bond donors (Lipinski definition) is 1. The van der Waals surface area contributed by atoms with Crippen molar-refractivity contribution in [3.8, 4) is 5.75 Å². The summed E-state index contributed by atoms with van der Waals surface area (Å²) in [6, 6.07) is 10.2. The number of fused-ring (bicyclic) bond motifs is 1. The van der Waals surface area contributed by atoms with Crippen molar-refractivity contribution in [3.05, 3.63) is 46.7 Å². The summed E-state index contributed by atoms with van der Waals surface area (Å²) in [5.74, 6) is -2.26. The van der Waals surface area contributed by atoms with E-state index >= 15 is 0 Å². The minimum atomic E-state index is -1.30. The highest BCUT2D eigenvalue weighted by Crippen LogP contribution is 2.50. The summed E-state index contributed by atoms with van der Waals surface area (Å²) in [4.78, 5) is 41.8. The van der Waals surface area contributed by atoms with Crippen LogP contribution in [0.2, 0.25) is 0 Å². The van der Waals surface area contributed by atoms with Gasteiger partial charge in [0.15, 0.2) is 0 Å². The molecule has 1 aromatic carbocycles. The molecule has 152 valence electrons. The van der Waals surface area contributed by atoms with Crippen molar-refractivity contribution in [2.45, 2.75) is 25.4 Å². The van der Waals surface area contributed by atoms with E-state index in [4.69, 9.17) is 9.47 Å². The molecular weight excluding hydrogens is 392 g/mol. The monoisotopic (exact) mass is 414 g/mol. The zero-order chi connectivity index (χ0) is 20.8. The molecule has 1 N–H and O–H groups in total. The summed E-state index contributed by atoms with van der Waals surface area (Å²) in [7, 11) is 1.52. The molecule has 29 heavy (non-hydrogen) atoms. The van der Waals surface area contributed by atoms with Crippen LogP contribution in [0.15, 0.2) is 41.8 Å². The van der Waals surface area contributed by atoms with Crippen molar-refractivity contribution in [1.29, 1.82) is 0 Å². The van der Waals surface area contributed by atoms with E-state index in [1.165, 1.54) is 23.3 Å². The molecule has 4 atom stereocenters. The van der Waals surface area contributed by atoms with Crippen molar-refractivity contribution >= 4 is 34.8 Å². The first kappa shape index (κ1) is 19.6. The topological polar surface area (TPSA) is 84.9 Å².